The topological polar surface area (TPSA) is 102 Å². The number of aliphatic hydroxyl groups excluding tert-OH is 2. The number of rotatable bonds is 3. The third-order valence-electron chi connectivity index (χ3n) is 6.09. The molecule has 0 amide bonds. The first-order valence-corrected chi connectivity index (χ1v) is 10.3. The molecular weight excluding hydrogens is 384 g/mol. The first-order valence-electron chi connectivity index (χ1n) is 10.3. The van der Waals surface area contributed by atoms with Crippen LogP contribution < -0.4 is 14.8 Å². The number of ether oxygens (including phenoxy) is 2. The third-order valence-corrected chi connectivity index (χ3v) is 6.09. The Labute approximate surface area is 174 Å². The zero-order valence-corrected chi connectivity index (χ0v) is 17.0. The summed E-state index contributed by atoms with van der Waals surface area (Å²) < 4.78 is 14.1. The van der Waals surface area contributed by atoms with Crippen LogP contribution in [0.25, 0.3) is 11.0 Å². The van der Waals surface area contributed by atoms with Crippen molar-refractivity contribution < 1.29 is 19.7 Å². The van der Waals surface area contributed by atoms with Gasteiger partial charge < -0.3 is 29.6 Å². The predicted octanol–water partition coefficient (Wildman–Crippen LogP) is 1.72. The lowest BCUT2D eigenvalue weighted by Crippen LogP contribution is -2.34. The Morgan fingerprint density at radius 3 is 2.93 bits per heavy atom. The van der Waals surface area contributed by atoms with Crippen molar-refractivity contribution in [3.63, 3.8) is 0 Å². The second-order valence-corrected chi connectivity index (χ2v) is 8.15. The third kappa shape index (κ3) is 3.21. The largest absolute Gasteiger partial charge is 0.489 e. The van der Waals surface area contributed by atoms with E-state index in [1.54, 1.807) is 0 Å². The molecule has 2 aromatic heterocycles. The fraction of sp³-hybridized carbons (Fsp3) is 0.455. The fourth-order valence-electron chi connectivity index (χ4n) is 4.49. The van der Waals surface area contributed by atoms with Crippen molar-refractivity contribution in [1.29, 1.82) is 0 Å². The highest BCUT2D eigenvalue weighted by molar-refractivity contribution is 5.78. The maximum Gasteiger partial charge on any atom is 0.143 e. The van der Waals surface area contributed by atoms with E-state index in [1.165, 1.54) is 6.33 Å². The highest BCUT2D eigenvalue weighted by Gasteiger charge is 2.44. The van der Waals surface area contributed by atoms with E-state index < -0.39 is 18.3 Å². The maximum atomic E-state index is 10.8. The molecule has 0 spiro atoms. The van der Waals surface area contributed by atoms with Crippen LogP contribution in [0.15, 0.2) is 36.8 Å². The van der Waals surface area contributed by atoms with E-state index in [4.69, 9.17) is 9.47 Å². The van der Waals surface area contributed by atoms with E-state index in [1.807, 2.05) is 48.9 Å². The van der Waals surface area contributed by atoms with Crippen LogP contribution in [0.2, 0.25) is 0 Å². The van der Waals surface area contributed by atoms with Gasteiger partial charge >= 0.3 is 0 Å². The van der Waals surface area contributed by atoms with Crippen molar-refractivity contribution >= 4 is 11.0 Å². The second-order valence-electron chi connectivity index (χ2n) is 8.15. The number of benzene rings is 1. The lowest BCUT2D eigenvalue weighted by atomic mass is 10.1. The quantitative estimate of drug-likeness (QED) is 0.604. The molecule has 0 unspecified atom stereocenters. The van der Waals surface area contributed by atoms with E-state index in [9.17, 15) is 10.2 Å². The van der Waals surface area contributed by atoms with Gasteiger partial charge in [-0.15, -0.1) is 0 Å². The lowest BCUT2D eigenvalue weighted by molar-refractivity contribution is -0.0166. The van der Waals surface area contributed by atoms with Crippen LogP contribution in [0.4, 0.5) is 0 Å². The maximum absolute atomic E-state index is 10.8. The molecule has 3 aromatic rings. The van der Waals surface area contributed by atoms with Crippen molar-refractivity contribution in [3.05, 3.63) is 48.0 Å². The molecule has 5 rings (SSSR count). The summed E-state index contributed by atoms with van der Waals surface area (Å²) in [5.41, 5.74) is 2.56. The Kier molecular flexibility index (Phi) is 4.85. The smallest absolute Gasteiger partial charge is 0.143 e. The zero-order valence-electron chi connectivity index (χ0n) is 17.0. The van der Waals surface area contributed by atoms with Crippen LogP contribution in [0.3, 0.4) is 0 Å². The predicted molar refractivity (Wildman–Crippen MR) is 111 cm³/mol. The molecular formula is C22H26N4O4. The molecule has 1 fully saturated rings. The Bertz CT molecular complexity index is 1070. The van der Waals surface area contributed by atoms with Gasteiger partial charge in [-0.1, -0.05) is 6.07 Å². The van der Waals surface area contributed by atoms with Gasteiger partial charge in [-0.3, -0.25) is 0 Å². The van der Waals surface area contributed by atoms with Crippen LogP contribution in [-0.4, -0.2) is 55.7 Å². The van der Waals surface area contributed by atoms with Crippen LogP contribution in [0.1, 0.15) is 30.6 Å². The summed E-state index contributed by atoms with van der Waals surface area (Å²) in [7, 11) is 0. The molecule has 0 saturated heterocycles. The van der Waals surface area contributed by atoms with Gasteiger partial charge in [0.15, 0.2) is 0 Å². The lowest BCUT2D eigenvalue weighted by Gasteiger charge is -2.21. The zero-order chi connectivity index (χ0) is 20.8. The molecule has 5 atom stereocenters. The van der Waals surface area contributed by atoms with Crippen LogP contribution >= 0.6 is 0 Å². The minimum absolute atomic E-state index is 0.0669. The van der Waals surface area contributed by atoms with Crippen LogP contribution in [0.5, 0.6) is 11.5 Å². The minimum atomic E-state index is -1.01. The molecule has 2 aliphatic rings. The summed E-state index contributed by atoms with van der Waals surface area (Å²) in [6.07, 6.45) is 1.43. The highest BCUT2D eigenvalue weighted by atomic mass is 16.5. The minimum Gasteiger partial charge on any atom is -0.489 e. The Hall–Kier alpha value is -2.68. The van der Waals surface area contributed by atoms with E-state index in [2.05, 4.69) is 15.3 Å². The van der Waals surface area contributed by atoms with Crippen molar-refractivity contribution in [1.82, 2.24) is 19.9 Å². The van der Waals surface area contributed by atoms with Crippen LogP contribution in [0, 0.1) is 6.92 Å². The molecule has 8 heteroatoms. The number of hydrogen-bond donors (Lipinski definition) is 3. The molecule has 30 heavy (non-hydrogen) atoms. The van der Waals surface area contributed by atoms with Gasteiger partial charge in [-0.05, 0) is 32.0 Å². The summed E-state index contributed by atoms with van der Waals surface area (Å²) in [5.74, 6) is 1.46. The molecule has 1 aromatic carbocycles. The number of fused-ring (bicyclic) bond motifs is 2. The Balaban J connectivity index is 1.42. The average Bonchev–Trinajstić information content (AvgIpc) is 3.20. The molecule has 158 valence electrons. The SMILES string of the molecule is Cc1ncnc2c1ccn2[C@@H]1C[C@H](Oc2cccc3c2CNC[C@@H](C)O3)[C@@H](O)[C@H]1O. The first kappa shape index (κ1) is 19.3. The highest BCUT2D eigenvalue weighted by Crippen LogP contribution is 2.38. The summed E-state index contributed by atoms with van der Waals surface area (Å²) in [6, 6.07) is 7.31. The molecule has 1 aliphatic heterocycles. The van der Waals surface area contributed by atoms with E-state index >= 15 is 0 Å². The molecule has 0 radical (unpaired) electrons. The molecule has 0 bridgehead atoms. The second kappa shape index (κ2) is 7.54. The van der Waals surface area contributed by atoms with Crippen molar-refractivity contribution in [2.75, 3.05) is 6.54 Å². The van der Waals surface area contributed by atoms with E-state index in [0.717, 1.165) is 34.6 Å². The monoisotopic (exact) mass is 410 g/mol. The molecule has 1 saturated carbocycles. The summed E-state index contributed by atoms with van der Waals surface area (Å²) in [5, 5.41) is 25.8. The number of hydrogen-bond acceptors (Lipinski definition) is 7. The van der Waals surface area contributed by atoms with Gasteiger partial charge in [-0.2, -0.15) is 0 Å². The van der Waals surface area contributed by atoms with E-state index in [-0.39, 0.29) is 12.1 Å². The Morgan fingerprint density at radius 1 is 1.20 bits per heavy atom. The number of aromatic nitrogens is 3. The van der Waals surface area contributed by atoms with Gasteiger partial charge in [0.2, 0.25) is 0 Å². The number of nitrogens with zero attached hydrogens (tertiary/aromatic N) is 3. The molecule has 3 N–H and O–H groups in total. The molecule has 3 heterocycles. The molecule has 8 nitrogen and oxygen atoms in total. The normalized spacial score (nSPS) is 28.7. The fourth-order valence-corrected chi connectivity index (χ4v) is 4.49. The summed E-state index contributed by atoms with van der Waals surface area (Å²) in [6.45, 7) is 5.33. The van der Waals surface area contributed by atoms with Gasteiger partial charge in [0.05, 0.1) is 11.7 Å². The first-order chi connectivity index (χ1) is 14.5. The van der Waals surface area contributed by atoms with Crippen molar-refractivity contribution in [2.45, 2.75) is 57.3 Å². The van der Waals surface area contributed by atoms with E-state index in [0.29, 0.717) is 18.7 Å². The molecule has 1 aliphatic carbocycles. The number of nitrogens with one attached hydrogen (secondary N) is 1. The van der Waals surface area contributed by atoms with Gasteiger partial charge in [0.1, 0.15) is 47.9 Å². The van der Waals surface area contributed by atoms with Crippen LogP contribution in [-0.2, 0) is 6.54 Å². The number of aliphatic hydroxyl groups is 2. The van der Waals surface area contributed by atoms with Crippen molar-refractivity contribution in [3.8, 4) is 11.5 Å². The summed E-state index contributed by atoms with van der Waals surface area (Å²) in [4.78, 5) is 8.61. The van der Waals surface area contributed by atoms with Gasteiger partial charge in [0.25, 0.3) is 0 Å². The Morgan fingerprint density at radius 2 is 2.07 bits per heavy atom. The van der Waals surface area contributed by atoms with Gasteiger partial charge in [-0.25, -0.2) is 9.97 Å². The van der Waals surface area contributed by atoms with Gasteiger partial charge in [0, 0.05) is 36.7 Å². The standard InChI is InChI=1S/C22H26N4O4/c1-12-9-23-10-15-17(29-12)4-3-5-18(15)30-19-8-16(20(27)21(19)28)26-7-6-14-13(2)24-11-25-22(14)26/h3-7,11-12,16,19-21,23,27-28H,8-10H2,1-2H3/t12-,16-,19+,20+,21-/m1/s1. The van der Waals surface area contributed by atoms with Crippen molar-refractivity contribution in [2.24, 2.45) is 0 Å². The average molecular weight is 410 g/mol. The summed E-state index contributed by atoms with van der Waals surface area (Å²) >= 11 is 0. The number of aryl methyl sites for hydroxylation is 1.